The number of benzene rings is 2. The number of hydrogen-bond donors (Lipinski definition) is 1. The second-order valence-corrected chi connectivity index (χ2v) is 5.44. The molecule has 1 aliphatic rings. The van der Waals surface area contributed by atoms with E-state index in [-0.39, 0.29) is 0 Å². The van der Waals surface area contributed by atoms with Gasteiger partial charge >= 0.3 is 0 Å². The molecule has 104 valence electrons. The highest BCUT2D eigenvalue weighted by Gasteiger charge is 2.27. The Hall–Kier alpha value is -1.80. The summed E-state index contributed by atoms with van der Waals surface area (Å²) in [6, 6.07) is 17.4. The fourth-order valence-corrected chi connectivity index (χ4v) is 2.89. The quantitative estimate of drug-likeness (QED) is 0.906. The summed E-state index contributed by atoms with van der Waals surface area (Å²) in [5.74, 6) is 1.52. The predicted octanol–water partition coefficient (Wildman–Crippen LogP) is 4.03. The van der Waals surface area contributed by atoms with Gasteiger partial charge in [-0.3, -0.25) is 0 Å². The molecule has 2 heteroatoms. The number of fused-ring (bicyclic) bond motifs is 1. The number of hydrogen-bond acceptors (Lipinski definition) is 2. The maximum absolute atomic E-state index is 5.86. The molecule has 0 saturated carbocycles. The fraction of sp³-hybridized carbons (Fsp3) is 0.333. The SMILES string of the molecule is CCNC1c2cc(-c3ccccc3)ccc2OCC1C. The van der Waals surface area contributed by atoms with Gasteiger partial charge in [-0.1, -0.05) is 50.2 Å². The van der Waals surface area contributed by atoms with Crippen LogP contribution in [0.1, 0.15) is 25.5 Å². The lowest BCUT2D eigenvalue weighted by atomic mass is 9.89. The van der Waals surface area contributed by atoms with E-state index in [0.717, 1.165) is 18.9 Å². The first-order valence-corrected chi connectivity index (χ1v) is 7.35. The van der Waals surface area contributed by atoms with Gasteiger partial charge in [0.2, 0.25) is 0 Å². The zero-order valence-electron chi connectivity index (χ0n) is 12.1. The van der Waals surface area contributed by atoms with Crippen molar-refractivity contribution in [2.24, 2.45) is 5.92 Å². The molecule has 20 heavy (non-hydrogen) atoms. The standard InChI is InChI=1S/C18H21NO/c1-3-19-18-13(2)12-20-17-10-9-15(11-16(17)18)14-7-5-4-6-8-14/h4-11,13,18-19H,3,12H2,1-2H3. The Balaban J connectivity index is 2.02. The second-order valence-electron chi connectivity index (χ2n) is 5.44. The van der Waals surface area contributed by atoms with E-state index in [9.17, 15) is 0 Å². The third kappa shape index (κ3) is 2.44. The lowest BCUT2D eigenvalue weighted by molar-refractivity contribution is 0.190. The maximum atomic E-state index is 5.86. The van der Waals surface area contributed by atoms with Crippen molar-refractivity contribution < 1.29 is 4.74 Å². The lowest BCUT2D eigenvalue weighted by Gasteiger charge is -2.32. The summed E-state index contributed by atoms with van der Waals surface area (Å²) in [6.07, 6.45) is 0. The Morgan fingerprint density at radius 2 is 1.90 bits per heavy atom. The molecule has 1 aliphatic heterocycles. The summed E-state index contributed by atoms with van der Waals surface area (Å²) in [4.78, 5) is 0. The molecule has 2 atom stereocenters. The van der Waals surface area contributed by atoms with Crippen molar-refractivity contribution in [3.05, 3.63) is 54.1 Å². The molecule has 2 unspecified atom stereocenters. The number of rotatable bonds is 3. The van der Waals surface area contributed by atoms with Gasteiger partial charge in [-0.05, 0) is 29.8 Å². The Morgan fingerprint density at radius 1 is 1.10 bits per heavy atom. The van der Waals surface area contributed by atoms with Crippen LogP contribution >= 0.6 is 0 Å². The molecule has 1 heterocycles. The van der Waals surface area contributed by atoms with Crippen LogP contribution in [0.15, 0.2) is 48.5 Å². The van der Waals surface area contributed by atoms with E-state index in [1.807, 2.05) is 0 Å². The summed E-state index contributed by atoms with van der Waals surface area (Å²) in [5, 5.41) is 3.59. The summed E-state index contributed by atoms with van der Waals surface area (Å²) in [7, 11) is 0. The summed E-state index contributed by atoms with van der Waals surface area (Å²) >= 11 is 0. The van der Waals surface area contributed by atoms with Gasteiger partial charge in [0, 0.05) is 17.5 Å². The minimum atomic E-state index is 0.382. The zero-order valence-corrected chi connectivity index (χ0v) is 12.1. The van der Waals surface area contributed by atoms with Crippen LogP contribution < -0.4 is 10.1 Å². The second kappa shape index (κ2) is 5.68. The molecule has 0 bridgehead atoms. The molecule has 0 aliphatic carbocycles. The molecule has 0 spiro atoms. The topological polar surface area (TPSA) is 21.3 Å². The van der Waals surface area contributed by atoms with E-state index in [0.29, 0.717) is 12.0 Å². The van der Waals surface area contributed by atoms with Crippen LogP contribution in [-0.4, -0.2) is 13.2 Å². The first-order valence-electron chi connectivity index (χ1n) is 7.35. The molecule has 0 amide bonds. The van der Waals surface area contributed by atoms with Crippen molar-refractivity contribution in [3.8, 4) is 16.9 Å². The van der Waals surface area contributed by atoms with Crippen molar-refractivity contribution in [2.45, 2.75) is 19.9 Å². The molecule has 2 nitrogen and oxygen atoms in total. The third-order valence-corrected chi connectivity index (χ3v) is 3.95. The molecule has 1 N–H and O–H groups in total. The van der Waals surface area contributed by atoms with Crippen molar-refractivity contribution in [1.29, 1.82) is 0 Å². The number of ether oxygens (including phenoxy) is 1. The van der Waals surface area contributed by atoms with E-state index in [4.69, 9.17) is 4.74 Å². The summed E-state index contributed by atoms with van der Waals surface area (Å²) in [5.41, 5.74) is 3.79. The minimum absolute atomic E-state index is 0.382. The van der Waals surface area contributed by atoms with E-state index in [1.54, 1.807) is 0 Å². The van der Waals surface area contributed by atoms with E-state index in [2.05, 4.69) is 67.7 Å². The summed E-state index contributed by atoms with van der Waals surface area (Å²) < 4.78 is 5.86. The first kappa shape index (κ1) is 13.2. The van der Waals surface area contributed by atoms with Gasteiger partial charge in [0.1, 0.15) is 5.75 Å². The van der Waals surface area contributed by atoms with E-state index < -0.39 is 0 Å². The van der Waals surface area contributed by atoms with Crippen LogP contribution in [0, 0.1) is 5.92 Å². The summed E-state index contributed by atoms with van der Waals surface area (Å²) in [6.45, 7) is 6.16. The van der Waals surface area contributed by atoms with Crippen molar-refractivity contribution in [3.63, 3.8) is 0 Å². The van der Waals surface area contributed by atoms with Crippen LogP contribution in [0.5, 0.6) is 5.75 Å². The van der Waals surface area contributed by atoms with Crippen molar-refractivity contribution in [2.75, 3.05) is 13.2 Å². The molecule has 0 fully saturated rings. The molecular weight excluding hydrogens is 246 g/mol. The van der Waals surface area contributed by atoms with Gasteiger partial charge in [-0.15, -0.1) is 0 Å². The maximum Gasteiger partial charge on any atom is 0.124 e. The first-order chi connectivity index (χ1) is 9.79. The van der Waals surface area contributed by atoms with Gasteiger partial charge in [0.15, 0.2) is 0 Å². The highest BCUT2D eigenvalue weighted by Crippen LogP contribution is 2.37. The molecular formula is C18H21NO. The van der Waals surface area contributed by atoms with Gasteiger partial charge in [0.05, 0.1) is 6.61 Å². The van der Waals surface area contributed by atoms with E-state index >= 15 is 0 Å². The zero-order chi connectivity index (χ0) is 13.9. The molecule has 0 saturated heterocycles. The largest absolute Gasteiger partial charge is 0.493 e. The van der Waals surface area contributed by atoms with E-state index in [1.165, 1.54) is 16.7 Å². The van der Waals surface area contributed by atoms with Crippen LogP contribution in [0.4, 0.5) is 0 Å². The molecule has 2 aromatic carbocycles. The van der Waals surface area contributed by atoms with Crippen LogP contribution in [0.25, 0.3) is 11.1 Å². The predicted molar refractivity (Wildman–Crippen MR) is 83.0 cm³/mol. The van der Waals surface area contributed by atoms with Crippen LogP contribution in [-0.2, 0) is 0 Å². The normalized spacial score (nSPS) is 21.1. The minimum Gasteiger partial charge on any atom is -0.493 e. The van der Waals surface area contributed by atoms with Crippen molar-refractivity contribution >= 4 is 0 Å². The Morgan fingerprint density at radius 3 is 2.65 bits per heavy atom. The van der Waals surface area contributed by atoms with Gasteiger partial charge < -0.3 is 10.1 Å². The molecule has 2 aromatic rings. The van der Waals surface area contributed by atoms with Gasteiger partial charge in [0.25, 0.3) is 0 Å². The average molecular weight is 267 g/mol. The number of nitrogens with one attached hydrogen (secondary N) is 1. The molecule has 0 radical (unpaired) electrons. The highest BCUT2D eigenvalue weighted by molar-refractivity contribution is 5.66. The monoisotopic (exact) mass is 267 g/mol. The van der Waals surface area contributed by atoms with Gasteiger partial charge in [-0.2, -0.15) is 0 Å². The highest BCUT2D eigenvalue weighted by atomic mass is 16.5. The molecule has 3 rings (SSSR count). The lowest BCUT2D eigenvalue weighted by Crippen LogP contribution is -2.33. The third-order valence-electron chi connectivity index (χ3n) is 3.95. The van der Waals surface area contributed by atoms with Crippen LogP contribution in [0.3, 0.4) is 0 Å². The Labute approximate surface area is 120 Å². The Bertz CT molecular complexity index is 579. The molecule has 0 aromatic heterocycles. The fourth-order valence-electron chi connectivity index (χ4n) is 2.89. The van der Waals surface area contributed by atoms with Crippen LogP contribution in [0.2, 0.25) is 0 Å². The average Bonchev–Trinajstić information content (AvgIpc) is 2.51. The van der Waals surface area contributed by atoms with Gasteiger partial charge in [-0.25, -0.2) is 0 Å². The Kier molecular flexibility index (Phi) is 3.75. The van der Waals surface area contributed by atoms with Crippen molar-refractivity contribution in [1.82, 2.24) is 5.32 Å². The smallest absolute Gasteiger partial charge is 0.124 e.